The minimum Gasteiger partial charge on any atom is -0.493 e. The van der Waals surface area contributed by atoms with Crippen molar-refractivity contribution in [2.45, 2.75) is 25.8 Å². The predicted molar refractivity (Wildman–Crippen MR) is 77.7 cm³/mol. The van der Waals surface area contributed by atoms with Gasteiger partial charge in [-0.05, 0) is 38.0 Å². The van der Waals surface area contributed by atoms with E-state index in [1.165, 1.54) is 7.11 Å². The number of carbonyl (C=O) groups excluding carboxylic acids is 2. The molecule has 1 aromatic carbocycles. The molecule has 1 heterocycles. The smallest absolute Gasteiger partial charge is 0.252 e. The fourth-order valence-electron chi connectivity index (χ4n) is 2.23. The highest BCUT2D eigenvalue weighted by Gasteiger charge is 2.24. The third-order valence-electron chi connectivity index (χ3n) is 3.32. The monoisotopic (exact) mass is 292 g/mol. The third-order valence-corrected chi connectivity index (χ3v) is 3.32. The molecule has 2 amide bonds. The van der Waals surface area contributed by atoms with Crippen molar-refractivity contribution in [3.8, 4) is 11.5 Å². The van der Waals surface area contributed by atoms with E-state index in [2.05, 4.69) is 10.6 Å². The predicted octanol–water partition coefficient (Wildman–Crippen LogP) is 1.10. The molecule has 1 saturated heterocycles. The number of amides is 2. The largest absolute Gasteiger partial charge is 0.493 e. The van der Waals surface area contributed by atoms with Crippen LogP contribution in [0.15, 0.2) is 18.2 Å². The van der Waals surface area contributed by atoms with Crippen molar-refractivity contribution < 1.29 is 19.1 Å². The number of methoxy groups -OCH3 is 1. The number of ether oxygens (including phenoxy) is 2. The molecule has 1 aliphatic rings. The molecule has 2 N–H and O–H groups in total. The molecule has 1 aliphatic heterocycles. The van der Waals surface area contributed by atoms with Crippen molar-refractivity contribution in [3.05, 3.63) is 23.8 Å². The summed E-state index contributed by atoms with van der Waals surface area (Å²) < 4.78 is 10.6. The Kier molecular flexibility index (Phi) is 5.03. The third kappa shape index (κ3) is 3.65. The lowest BCUT2D eigenvalue weighted by Gasteiger charge is -2.22. The lowest BCUT2D eigenvalue weighted by molar-refractivity contribution is -0.124. The zero-order valence-corrected chi connectivity index (χ0v) is 12.3. The minimum atomic E-state index is -0.469. The van der Waals surface area contributed by atoms with E-state index in [1.54, 1.807) is 18.2 Å². The Morgan fingerprint density at radius 2 is 2.24 bits per heavy atom. The Labute approximate surface area is 123 Å². The summed E-state index contributed by atoms with van der Waals surface area (Å²) in [6.45, 7) is 3.06. The molecule has 0 radical (unpaired) electrons. The van der Waals surface area contributed by atoms with Crippen LogP contribution < -0.4 is 20.1 Å². The lowest BCUT2D eigenvalue weighted by Crippen LogP contribution is -2.50. The second-order valence-electron chi connectivity index (χ2n) is 4.76. The molecular formula is C15H20N2O4. The van der Waals surface area contributed by atoms with E-state index in [1.807, 2.05) is 6.92 Å². The van der Waals surface area contributed by atoms with Gasteiger partial charge in [-0.2, -0.15) is 0 Å². The Morgan fingerprint density at radius 3 is 2.90 bits per heavy atom. The number of rotatable bonds is 5. The summed E-state index contributed by atoms with van der Waals surface area (Å²) in [5, 5.41) is 5.48. The second-order valence-corrected chi connectivity index (χ2v) is 4.76. The molecule has 6 heteroatoms. The Morgan fingerprint density at radius 1 is 1.43 bits per heavy atom. The lowest BCUT2D eigenvalue weighted by atomic mass is 10.1. The summed E-state index contributed by atoms with van der Waals surface area (Å²) in [6.07, 6.45) is 1.52. The number of nitrogens with one attached hydrogen (secondary N) is 2. The molecule has 0 saturated carbocycles. The van der Waals surface area contributed by atoms with E-state index < -0.39 is 6.04 Å². The summed E-state index contributed by atoms with van der Waals surface area (Å²) >= 11 is 0. The van der Waals surface area contributed by atoms with Crippen LogP contribution in [-0.2, 0) is 4.79 Å². The van der Waals surface area contributed by atoms with Gasteiger partial charge in [0.15, 0.2) is 11.5 Å². The van der Waals surface area contributed by atoms with Crippen molar-refractivity contribution in [2.75, 3.05) is 20.3 Å². The van der Waals surface area contributed by atoms with Crippen molar-refractivity contribution in [2.24, 2.45) is 0 Å². The van der Waals surface area contributed by atoms with Crippen molar-refractivity contribution in [1.29, 1.82) is 0 Å². The van der Waals surface area contributed by atoms with Crippen LogP contribution in [0.3, 0.4) is 0 Å². The molecule has 1 atom stereocenters. The minimum absolute atomic E-state index is 0.132. The van der Waals surface area contributed by atoms with Crippen LogP contribution in [0.2, 0.25) is 0 Å². The molecule has 0 spiro atoms. The number of carbonyl (C=O) groups is 2. The normalized spacial score (nSPS) is 17.8. The van der Waals surface area contributed by atoms with E-state index in [0.29, 0.717) is 36.6 Å². The molecule has 0 unspecified atom stereocenters. The van der Waals surface area contributed by atoms with Gasteiger partial charge >= 0.3 is 0 Å². The first-order valence-electron chi connectivity index (χ1n) is 7.05. The summed E-state index contributed by atoms with van der Waals surface area (Å²) in [5.41, 5.74) is 0.439. The molecule has 114 valence electrons. The standard InChI is InChI=1S/C15H20N2O4/c1-3-21-12-7-6-10(9-13(12)20-2)14(18)17-11-5-4-8-16-15(11)19/h6-7,9,11H,3-5,8H2,1-2H3,(H,16,19)(H,17,18)/t11-/m0/s1. The van der Waals surface area contributed by atoms with E-state index >= 15 is 0 Å². The van der Waals surface area contributed by atoms with Crippen molar-refractivity contribution in [3.63, 3.8) is 0 Å². The van der Waals surface area contributed by atoms with E-state index in [9.17, 15) is 9.59 Å². The SMILES string of the molecule is CCOc1ccc(C(=O)N[C@H]2CCCNC2=O)cc1OC. The Hall–Kier alpha value is -2.24. The highest BCUT2D eigenvalue weighted by atomic mass is 16.5. The van der Waals surface area contributed by atoms with Gasteiger partial charge in [-0.1, -0.05) is 0 Å². The Bertz CT molecular complexity index is 530. The van der Waals surface area contributed by atoms with Gasteiger partial charge in [0.2, 0.25) is 5.91 Å². The first kappa shape index (κ1) is 15.2. The molecule has 21 heavy (non-hydrogen) atoms. The van der Waals surface area contributed by atoms with Crippen LogP contribution in [0.5, 0.6) is 11.5 Å². The zero-order chi connectivity index (χ0) is 15.2. The van der Waals surface area contributed by atoms with E-state index in [0.717, 1.165) is 6.42 Å². The summed E-state index contributed by atoms with van der Waals surface area (Å²) in [6, 6.07) is 4.49. The van der Waals surface area contributed by atoms with Crippen LogP contribution in [0, 0.1) is 0 Å². The first-order chi connectivity index (χ1) is 10.2. The molecule has 0 aliphatic carbocycles. The van der Waals surface area contributed by atoms with Crippen LogP contribution in [0.1, 0.15) is 30.1 Å². The molecule has 0 aromatic heterocycles. The van der Waals surface area contributed by atoms with Gasteiger partial charge in [-0.15, -0.1) is 0 Å². The molecule has 0 bridgehead atoms. The van der Waals surface area contributed by atoms with Gasteiger partial charge < -0.3 is 20.1 Å². The average Bonchev–Trinajstić information content (AvgIpc) is 2.50. The van der Waals surface area contributed by atoms with Gasteiger partial charge in [0.05, 0.1) is 13.7 Å². The zero-order valence-electron chi connectivity index (χ0n) is 12.3. The van der Waals surface area contributed by atoms with Gasteiger partial charge in [-0.25, -0.2) is 0 Å². The van der Waals surface area contributed by atoms with Crippen molar-refractivity contribution >= 4 is 11.8 Å². The molecule has 2 rings (SSSR count). The van der Waals surface area contributed by atoms with Crippen LogP contribution in [0.25, 0.3) is 0 Å². The van der Waals surface area contributed by atoms with E-state index in [4.69, 9.17) is 9.47 Å². The quantitative estimate of drug-likeness (QED) is 0.852. The molecular weight excluding hydrogens is 272 g/mol. The number of piperidine rings is 1. The Balaban J connectivity index is 2.09. The maximum Gasteiger partial charge on any atom is 0.252 e. The number of benzene rings is 1. The summed E-state index contributed by atoms with van der Waals surface area (Å²) in [7, 11) is 1.52. The average molecular weight is 292 g/mol. The highest BCUT2D eigenvalue weighted by molar-refractivity contribution is 5.98. The first-order valence-corrected chi connectivity index (χ1v) is 7.05. The highest BCUT2D eigenvalue weighted by Crippen LogP contribution is 2.28. The maximum atomic E-state index is 12.2. The molecule has 6 nitrogen and oxygen atoms in total. The van der Waals surface area contributed by atoms with Crippen LogP contribution >= 0.6 is 0 Å². The van der Waals surface area contributed by atoms with Crippen LogP contribution in [0.4, 0.5) is 0 Å². The maximum absolute atomic E-state index is 12.2. The van der Waals surface area contributed by atoms with Crippen LogP contribution in [-0.4, -0.2) is 38.1 Å². The van der Waals surface area contributed by atoms with Gasteiger partial charge in [0, 0.05) is 12.1 Å². The number of hydrogen-bond donors (Lipinski definition) is 2. The fraction of sp³-hybridized carbons (Fsp3) is 0.467. The second kappa shape index (κ2) is 6.97. The number of hydrogen-bond acceptors (Lipinski definition) is 4. The van der Waals surface area contributed by atoms with E-state index in [-0.39, 0.29) is 11.8 Å². The van der Waals surface area contributed by atoms with Gasteiger partial charge in [-0.3, -0.25) is 9.59 Å². The summed E-state index contributed by atoms with van der Waals surface area (Å²) in [5.74, 6) is 0.662. The summed E-state index contributed by atoms with van der Waals surface area (Å²) in [4.78, 5) is 23.9. The topological polar surface area (TPSA) is 76.7 Å². The fourth-order valence-corrected chi connectivity index (χ4v) is 2.23. The molecule has 1 aromatic rings. The van der Waals surface area contributed by atoms with Crippen molar-refractivity contribution in [1.82, 2.24) is 10.6 Å². The van der Waals surface area contributed by atoms with Gasteiger partial charge in [0.25, 0.3) is 5.91 Å². The van der Waals surface area contributed by atoms with Gasteiger partial charge in [0.1, 0.15) is 6.04 Å². The molecule has 1 fully saturated rings.